The first kappa shape index (κ1) is 20.5. The fourth-order valence-electron chi connectivity index (χ4n) is 2.26. The molecule has 1 aromatic heterocycles. The number of aryl methyl sites for hydroxylation is 1. The molecule has 0 spiro atoms. The van der Waals surface area contributed by atoms with E-state index in [0.717, 1.165) is 5.56 Å². The Morgan fingerprint density at radius 1 is 1.07 bits per heavy atom. The maximum absolute atomic E-state index is 12.0. The number of carbonyl (C=O) groups excluding carboxylic acids is 2. The molecule has 27 heavy (non-hydrogen) atoms. The number of nitrogens with two attached hydrogens (primary N) is 1. The molecule has 0 aliphatic heterocycles. The summed E-state index contributed by atoms with van der Waals surface area (Å²) in [6.07, 6.45) is 1.60. The van der Waals surface area contributed by atoms with Crippen LogP contribution in [0.5, 0.6) is 0 Å². The number of aromatic nitrogens is 1. The van der Waals surface area contributed by atoms with E-state index in [1.54, 1.807) is 24.2 Å². The third kappa shape index (κ3) is 6.77. The number of amides is 2. The van der Waals surface area contributed by atoms with Gasteiger partial charge in [-0.2, -0.15) is 0 Å². The lowest BCUT2D eigenvalue weighted by Crippen LogP contribution is -2.36. The molecule has 0 aliphatic rings. The van der Waals surface area contributed by atoms with E-state index >= 15 is 0 Å². The van der Waals surface area contributed by atoms with Gasteiger partial charge in [0.25, 0.3) is 0 Å². The van der Waals surface area contributed by atoms with Gasteiger partial charge >= 0.3 is 0 Å². The molecule has 2 aromatic rings. The van der Waals surface area contributed by atoms with E-state index in [4.69, 9.17) is 5.14 Å². The second-order valence-corrected chi connectivity index (χ2v) is 7.62. The molecule has 0 unspecified atom stereocenters. The fraction of sp³-hybridized carbons (Fsp3) is 0.235. The minimum Gasteiger partial charge on any atom is -0.325 e. The molecular formula is C17H21N5O4S. The van der Waals surface area contributed by atoms with Crippen molar-refractivity contribution in [3.8, 4) is 0 Å². The number of anilines is 2. The molecule has 9 nitrogen and oxygen atoms in total. The highest BCUT2D eigenvalue weighted by atomic mass is 32.2. The SMILES string of the molecule is Cc1ccnc(NC(=O)CN(C)CC(=O)Nc2ccc(S(N)(=O)=O)cc2)c1. The van der Waals surface area contributed by atoms with Gasteiger partial charge in [-0.25, -0.2) is 18.5 Å². The van der Waals surface area contributed by atoms with Crippen LogP contribution in [0.25, 0.3) is 0 Å². The van der Waals surface area contributed by atoms with E-state index in [9.17, 15) is 18.0 Å². The van der Waals surface area contributed by atoms with Gasteiger partial charge in [0.1, 0.15) is 5.82 Å². The summed E-state index contributed by atoms with van der Waals surface area (Å²) in [6, 6.07) is 9.05. The number of pyridine rings is 1. The van der Waals surface area contributed by atoms with Crippen molar-refractivity contribution in [1.82, 2.24) is 9.88 Å². The smallest absolute Gasteiger partial charge is 0.239 e. The molecule has 0 bridgehead atoms. The molecule has 0 radical (unpaired) electrons. The number of nitrogens with one attached hydrogen (secondary N) is 2. The van der Waals surface area contributed by atoms with Crippen molar-refractivity contribution in [2.24, 2.45) is 5.14 Å². The van der Waals surface area contributed by atoms with Gasteiger partial charge in [0.05, 0.1) is 18.0 Å². The van der Waals surface area contributed by atoms with E-state index in [1.165, 1.54) is 24.3 Å². The molecule has 0 aliphatic carbocycles. The Labute approximate surface area is 157 Å². The first-order valence-electron chi connectivity index (χ1n) is 7.97. The number of rotatable bonds is 7. The van der Waals surface area contributed by atoms with Crippen molar-refractivity contribution in [2.45, 2.75) is 11.8 Å². The predicted octanol–water partition coefficient (Wildman–Crippen LogP) is 0.546. The molecule has 0 fully saturated rings. The van der Waals surface area contributed by atoms with Crippen LogP contribution in [0.4, 0.5) is 11.5 Å². The molecule has 2 amide bonds. The zero-order valence-electron chi connectivity index (χ0n) is 15.0. The number of hydrogen-bond donors (Lipinski definition) is 3. The van der Waals surface area contributed by atoms with E-state index in [1.807, 2.05) is 13.0 Å². The lowest BCUT2D eigenvalue weighted by Gasteiger charge is -2.16. The largest absolute Gasteiger partial charge is 0.325 e. The second-order valence-electron chi connectivity index (χ2n) is 6.06. The van der Waals surface area contributed by atoms with Crippen LogP contribution in [-0.2, 0) is 19.6 Å². The highest BCUT2D eigenvalue weighted by molar-refractivity contribution is 7.89. The van der Waals surface area contributed by atoms with Crippen molar-refractivity contribution >= 4 is 33.3 Å². The molecule has 144 valence electrons. The second kappa shape index (κ2) is 8.71. The fourth-order valence-corrected chi connectivity index (χ4v) is 2.78. The summed E-state index contributed by atoms with van der Waals surface area (Å²) in [5.74, 6) is -0.184. The van der Waals surface area contributed by atoms with E-state index in [0.29, 0.717) is 11.5 Å². The third-order valence-electron chi connectivity index (χ3n) is 3.48. The minimum absolute atomic E-state index is 0.00734. The lowest BCUT2D eigenvalue weighted by atomic mass is 10.3. The molecule has 1 aromatic carbocycles. The third-order valence-corrected chi connectivity index (χ3v) is 4.41. The first-order valence-corrected chi connectivity index (χ1v) is 9.52. The summed E-state index contributed by atoms with van der Waals surface area (Å²) in [5, 5.41) is 10.3. The van der Waals surface area contributed by atoms with Crippen LogP contribution in [0.1, 0.15) is 5.56 Å². The van der Waals surface area contributed by atoms with Gasteiger partial charge in [-0.15, -0.1) is 0 Å². The predicted molar refractivity (Wildman–Crippen MR) is 102 cm³/mol. The number of sulfonamides is 1. The Hall–Kier alpha value is -2.82. The Kier molecular flexibility index (Phi) is 6.61. The zero-order chi connectivity index (χ0) is 20.0. The minimum atomic E-state index is -3.78. The summed E-state index contributed by atoms with van der Waals surface area (Å²) in [7, 11) is -2.15. The zero-order valence-corrected chi connectivity index (χ0v) is 15.8. The van der Waals surface area contributed by atoms with Crippen LogP contribution < -0.4 is 15.8 Å². The lowest BCUT2D eigenvalue weighted by molar-refractivity contribution is -0.119. The van der Waals surface area contributed by atoms with Crippen LogP contribution in [0.15, 0.2) is 47.5 Å². The van der Waals surface area contributed by atoms with Crippen molar-refractivity contribution in [2.75, 3.05) is 30.8 Å². The summed E-state index contributed by atoms with van der Waals surface area (Å²) in [6.45, 7) is 1.88. The van der Waals surface area contributed by atoms with Crippen molar-refractivity contribution < 1.29 is 18.0 Å². The van der Waals surface area contributed by atoms with Gasteiger partial charge in [0.15, 0.2) is 0 Å². The molecule has 4 N–H and O–H groups in total. The summed E-state index contributed by atoms with van der Waals surface area (Å²) >= 11 is 0. The highest BCUT2D eigenvalue weighted by Crippen LogP contribution is 2.12. The van der Waals surface area contributed by atoms with E-state index in [2.05, 4.69) is 15.6 Å². The number of likely N-dealkylation sites (N-methyl/N-ethyl adjacent to an activating group) is 1. The Morgan fingerprint density at radius 3 is 2.22 bits per heavy atom. The van der Waals surface area contributed by atoms with Crippen LogP contribution in [0, 0.1) is 6.92 Å². The van der Waals surface area contributed by atoms with Gasteiger partial charge in [-0.1, -0.05) is 0 Å². The van der Waals surface area contributed by atoms with Crippen LogP contribution in [0.3, 0.4) is 0 Å². The average molecular weight is 391 g/mol. The number of benzene rings is 1. The molecule has 1 heterocycles. The van der Waals surface area contributed by atoms with Crippen molar-refractivity contribution in [1.29, 1.82) is 0 Å². The Morgan fingerprint density at radius 2 is 1.67 bits per heavy atom. The van der Waals surface area contributed by atoms with Gasteiger partial charge in [-0.3, -0.25) is 14.5 Å². The van der Waals surface area contributed by atoms with Crippen LogP contribution in [0.2, 0.25) is 0 Å². The Bertz CT molecular complexity index is 929. The van der Waals surface area contributed by atoms with Crippen LogP contribution >= 0.6 is 0 Å². The van der Waals surface area contributed by atoms with Gasteiger partial charge in [0, 0.05) is 11.9 Å². The van der Waals surface area contributed by atoms with Gasteiger partial charge < -0.3 is 10.6 Å². The molecule has 0 atom stereocenters. The quantitative estimate of drug-likeness (QED) is 0.631. The Balaban J connectivity index is 1.83. The summed E-state index contributed by atoms with van der Waals surface area (Å²) in [5.41, 5.74) is 1.40. The number of hydrogen-bond acceptors (Lipinski definition) is 6. The highest BCUT2D eigenvalue weighted by Gasteiger charge is 2.12. The number of carbonyl (C=O) groups is 2. The van der Waals surface area contributed by atoms with Crippen LogP contribution in [-0.4, -0.2) is 50.3 Å². The molecule has 10 heteroatoms. The van der Waals surface area contributed by atoms with E-state index in [-0.39, 0.29) is 29.8 Å². The molecule has 2 rings (SSSR count). The maximum atomic E-state index is 12.0. The first-order chi connectivity index (χ1) is 12.6. The van der Waals surface area contributed by atoms with E-state index < -0.39 is 10.0 Å². The van der Waals surface area contributed by atoms with Gasteiger partial charge in [0.2, 0.25) is 21.8 Å². The summed E-state index contributed by atoms with van der Waals surface area (Å²) < 4.78 is 22.4. The normalized spacial score (nSPS) is 11.3. The van der Waals surface area contributed by atoms with Crippen molar-refractivity contribution in [3.05, 3.63) is 48.2 Å². The molecule has 0 saturated carbocycles. The molecule has 0 saturated heterocycles. The van der Waals surface area contributed by atoms with Gasteiger partial charge in [-0.05, 0) is 55.9 Å². The standard InChI is InChI=1S/C17H21N5O4S/c1-12-7-8-19-15(9-12)21-17(24)11-22(2)10-16(23)20-13-3-5-14(6-4-13)27(18,25)26/h3-9H,10-11H2,1-2H3,(H,20,23)(H2,18,25,26)(H,19,21,24). The average Bonchev–Trinajstić information content (AvgIpc) is 2.53. The maximum Gasteiger partial charge on any atom is 0.239 e. The van der Waals surface area contributed by atoms with Crippen molar-refractivity contribution in [3.63, 3.8) is 0 Å². The number of primary sulfonamides is 1. The molecular weight excluding hydrogens is 370 g/mol. The number of nitrogens with zero attached hydrogens (tertiary/aromatic N) is 2. The summed E-state index contributed by atoms with van der Waals surface area (Å²) in [4.78, 5) is 29.6. The topological polar surface area (TPSA) is 134 Å². The monoisotopic (exact) mass is 391 g/mol.